The molecule has 1 aromatic heterocycles. The number of hydrogen-bond donors (Lipinski definition) is 1. The molecule has 2 amide bonds. The number of aryl methyl sites for hydroxylation is 2. The van der Waals surface area contributed by atoms with E-state index in [4.69, 9.17) is 0 Å². The van der Waals surface area contributed by atoms with E-state index in [1.807, 2.05) is 28.9 Å². The number of likely N-dealkylation sites (tertiary alicyclic amines) is 1. The Balaban J connectivity index is 1.47. The molecule has 1 aliphatic carbocycles. The molecule has 2 atom stereocenters. The molecule has 2 heterocycles. The van der Waals surface area contributed by atoms with Crippen molar-refractivity contribution >= 4 is 11.8 Å². The van der Waals surface area contributed by atoms with Crippen molar-refractivity contribution in [3.63, 3.8) is 0 Å². The summed E-state index contributed by atoms with van der Waals surface area (Å²) in [7, 11) is 0. The van der Waals surface area contributed by atoms with E-state index < -0.39 is 0 Å². The predicted molar refractivity (Wildman–Crippen MR) is 95.9 cm³/mol. The monoisotopic (exact) mass is 346 g/mol. The second kappa shape index (κ2) is 8.50. The lowest BCUT2D eigenvalue weighted by atomic mass is 9.78. The van der Waals surface area contributed by atoms with Gasteiger partial charge in [0.25, 0.3) is 0 Å². The van der Waals surface area contributed by atoms with Gasteiger partial charge in [-0.1, -0.05) is 12.8 Å². The summed E-state index contributed by atoms with van der Waals surface area (Å²) in [6.45, 7) is 5.19. The first kappa shape index (κ1) is 18.0. The summed E-state index contributed by atoms with van der Waals surface area (Å²) >= 11 is 0. The first-order chi connectivity index (χ1) is 12.1. The molecule has 6 heteroatoms. The van der Waals surface area contributed by atoms with Crippen molar-refractivity contribution in [1.82, 2.24) is 20.0 Å². The van der Waals surface area contributed by atoms with Crippen LogP contribution in [0.3, 0.4) is 0 Å². The molecule has 2 aliphatic rings. The number of carbonyl (C=O) groups is 2. The van der Waals surface area contributed by atoms with Crippen LogP contribution >= 0.6 is 0 Å². The number of nitrogens with zero attached hydrogens (tertiary/aromatic N) is 3. The molecule has 2 fully saturated rings. The molecule has 1 saturated carbocycles. The quantitative estimate of drug-likeness (QED) is 0.803. The van der Waals surface area contributed by atoms with E-state index in [-0.39, 0.29) is 23.7 Å². The van der Waals surface area contributed by atoms with Gasteiger partial charge in [0.15, 0.2) is 0 Å². The number of amides is 2. The van der Waals surface area contributed by atoms with Crippen molar-refractivity contribution in [3.8, 4) is 0 Å². The molecule has 3 rings (SSSR count). The average molecular weight is 346 g/mol. The number of rotatable bonds is 6. The zero-order chi connectivity index (χ0) is 17.6. The molecule has 0 unspecified atom stereocenters. The van der Waals surface area contributed by atoms with Crippen LogP contribution in [-0.4, -0.2) is 46.1 Å². The maximum atomic E-state index is 12.8. The van der Waals surface area contributed by atoms with Gasteiger partial charge in [-0.05, 0) is 44.6 Å². The lowest BCUT2D eigenvalue weighted by molar-refractivity contribution is -0.142. The Hall–Kier alpha value is -1.85. The van der Waals surface area contributed by atoms with Gasteiger partial charge < -0.3 is 10.2 Å². The van der Waals surface area contributed by atoms with Gasteiger partial charge in [-0.3, -0.25) is 14.3 Å². The van der Waals surface area contributed by atoms with Gasteiger partial charge in [0.05, 0.1) is 6.20 Å². The second-order valence-corrected chi connectivity index (χ2v) is 7.46. The highest BCUT2D eigenvalue weighted by Crippen LogP contribution is 2.32. The van der Waals surface area contributed by atoms with Crippen LogP contribution < -0.4 is 5.32 Å². The van der Waals surface area contributed by atoms with Gasteiger partial charge in [0.2, 0.25) is 11.8 Å². The molecule has 0 bridgehead atoms. The van der Waals surface area contributed by atoms with E-state index in [2.05, 4.69) is 10.4 Å². The normalized spacial score (nSPS) is 23.6. The van der Waals surface area contributed by atoms with Gasteiger partial charge >= 0.3 is 0 Å². The predicted octanol–water partition coefficient (Wildman–Crippen LogP) is 2.13. The maximum absolute atomic E-state index is 12.8. The van der Waals surface area contributed by atoms with Crippen LogP contribution in [-0.2, 0) is 16.1 Å². The fraction of sp³-hybridized carbons (Fsp3) is 0.737. The SMILES string of the molecule is Cc1cnn(CCCNC(=O)[C@@H]2CCCC[C@@H]2C(=O)N2CCCC2)c1. The minimum absolute atomic E-state index is 0.0638. The van der Waals surface area contributed by atoms with Crippen LogP contribution in [0.4, 0.5) is 0 Å². The number of hydrogen-bond acceptors (Lipinski definition) is 3. The Morgan fingerprint density at radius 2 is 1.88 bits per heavy atom. The first-order valence-corrected chi connectivity index (χ1v) is 9.71. The lowest BCUT2D eigenvalue weighted by Gasteiger charge is -2.32. The maximum Gasteiger partial charge on any atom is 0.226 e. The summed E-state index contributed by atoms with van der Waals surface area (Å²) in [6, 6.07) is 0. The van der Waals surface area contributed by atoms with Crippen LogP contribution in [0, 0.1) is 18.8 Å². The molecule has 6 nitrogen and oxygen atoms in total. The molecule has 0 radical (unpaired) electrons. The van der Waals surface area contributed by atoms with Crippen LogP contribution in [0.1, 0.15) is 50.5 Å². The molecular weight excluding hydrogens is 316 g/mol. The Kier molecular flexibility index (Phi) is 6.10. The lowest BCUT2D eigenvalue weighted by Crippen LogP contribution is -2.44. The van der Waals surface area contributed by atoms with E-state index in [9.17, 15) is 9.59 Å². The van der Waals surface area contributed by atoms with Crippen molar-refractivity contribution in [2.24, 2.45) is 11.8 Å². The summed E-state index contributed by atoms with van der Waals surface area (Å²) in [4.78, 5) is 27.4. The largest absolute Gasteiger partial charge is 0.356 e. The van der Waals surface area contributed by atoms with Crippen molar-refractivity contribution in [3.05, 3.63) is 18.0 Å². The third-order valence-corrected chi connectivity index (χ3v) is 5.46. The van der Waals surface area contributed by atoms with Crippen LogP contribution in [0.2, 0.25) is 0 Å². The molecule has 1 aliphatic heterocycles. The van der Waals surface area contributed by atoms with Gasteiger partial charge in [-0.15, -0.1) is 0 Å². The van der Waals surface area contributed by atoms with E-state index in [1.54, 1.807) is 0 Å². The Labute approximate surface area is 149 Å². The molecular formula is C19H30N4O2. The van der Waals surface area contributed by atoms with Gasteiger partial charge in [0, 0.05) is 44.2 Å². The summed E-state index contributed by atoms with van der Waals surface area (Å²) in [6.07, 6.45) is 10.7. The third-order valence-electron chi connectivity index (χ3n) is 5.46. The van der Waals surface area contributed by atoms with Crippen LogP contribution in [0.15, 0.2) is 12.4 Å². The summed E-state index contributed by atoms with van der Waals surface area (Å²) in [5.41, 5.74) is 1.15. The van der Waals surface area contributed by atoms with Crippen molar-refractivity contribution in [2.75, 3.05) is 19.6 Å². The molecule has 1 saturated heterocycles. The van der Waals surface area contributed by atoms with Gasteiger partial charge in [-0.25, -0.2) is 0 Å². The van der Waals surface area contributed by atoms with E-state index in [1.165, 1.54) is 0 Å². The average Bonchev–Trinajstić information content (AvgIpc) is 3.30. The number of aromatic nitrogens is 2. The third kappa shape index (κ3) is 4.61. The van der Waals surface area contributed by atoms with Crippen molar-refractivity contribution in [2.45, 2.75) is 58.4 Å². The zero-order valence-electron chi connectivity index (χ0n) is 15.2. The van der Waals surface area contributed by atoms with Gasteiger partial charge in [-0.2, -0.15) is 5.10 Å². The summed E-state index contributed by atoms with van der Waals surface area (Å²) < 4.78 is 1.90. The van der Waals surface area contributed by atoms with E-state index in [0.717, 1.165) is 70.1 Å². The van der Waals surface area contributed by atoms with Crippen molar-refractivity contribution < 1.29 is 9.59 Å². The summed E-state index contributed by atoms with van der Waals surface area (Å²) in [5, 5.41) is 7.31. The molecule has 0 aromatic carbocycles. The first-order valence-electron chi connectivity index (χ1n) is 9.71. The van der Waals surface area contributed by atoms with Crippen molar-refractivity contribution in [1.29, 1.82) is 0 Å². The second-order valence-electron chi connectivity index (χ2n) is 7.46. The smallest absolute Gasteiger partial charge is 0.226 e. The molecule has 25 heavy (non-hydrogen) atoms. The van der Waals surface area contributed by atoms with Gasteiger partial charge in [0.1, 0.15) is 0 Å². The Bertz CT molecular complexity index is 592. The van der Waals surface area contributed by atoms with Crippen LogP contribution in [0.5, 0.6) is 0 Å². The van der Waals surface area contributed by atoms with E-state index in [0.29, 0.717) is 6.54 Å². The Morgan fingerprint density at radius 3 is 2.56 bits per heavy atom. The highest BCUT2D eigenvalue weighted by Gasteiger charge is 2.38. The highest BCUT2D eigenvalue weighted by molar-refractivity contribution is 5.88. The molecule has 1 N–H and O–H groups in total. The molecule has 0 spiro atoms. The van der Waals surface area contributed by atoms with E-state index >= 15 is 0 Å². The number of carbonyl (C=O) groups excluding carboxylic acids is 2. The Morgan fingerprint density at radius 1 is 1.16 bits per heavy atom. The standard InChI is InChI=1S/C19H30N4O2/c1-15-13-21-23(14-15)12-6-9-20-18(24)16-7-2-3-8-17(16)19(25)22-10-4-5-11-22/h13-14,16-17H,2-12H2,1H3,(H,20,24)/t16-,17+/m1/s1. The summed E-state index contributed by atoms with van der Waals surface area (Å²) in [5.74, 6) is 0.0210. The minimum atomic E-state index is -0.145. The van der Waals surface area contributed by atoms with Crippen LogP contribution in [0.25, 0.3) is 0 Å². The number of nitrogens with one attached hydrogen (secondary N) is 1. The topological polar surface area (TPSA) is 67.2 Å². The minimum Gasteiger partial charge on any atom is -0.356 e. The fourth-order valence-corrected chi connectivity index (χ4v) is 4.09. The zero-order valence-corrected chi connectivity index (χ0v) is 15.2. The fourth-order valence-electron chi connectivity index (χ4n) is 4.09. The molecule has 138 valence electrons. The highest BCUT2D eigenvalue weighted by atomic mass is 16.2. The molecule has 1 aromatic rings.